The summed E-state index contributed by atoms with van der Waals surface area (Å²) >= 11 is 3.66. The van der Waals surface area contributed by atoms with E-state index in [1.165, 1.54) is 0 Å². The zero-order chi connectivity index (χ0) is 19.0. The minimum atomic E-state index is -0.101. The van der Waals surface area contributed by atoms with Crippen LogP contribution in [0.25, 0.3) is 0 Å². The number of rotatable bonds is 10. The van der Waals surface area contributed by atoms with Crippen molar-refractivity contribution in [1.29, 1.82) is 0 Å². The van der Waals surface area contributed by atoms with Gasteiger partial charge in [-0.2, -0.15) is 23.5 Å². The molecule has 0 fully saturated rings. The van der Waals surface area contributed by atoms with Crippen molar-refractivity contribution >= 4 is 35.2 Å². The number of carbonyl (C=O) groups excluding carboxylic acids is 2. The number of hydrogen-bond acceptors (Lipinski definition) is 4. The topological polar surface area (TPSA) is 46.2 Å². The molecule has 0 spiro atoms. The molecule has 1 aromatic rings. The van der Waals surface area contributed by atoms with Crippen molar-refractivity contribution < 1.29 is 9.59 Å². The molecule has 0 aliphatic heterocycles. The molecule has 1 rings (SSSR count). The van der Waals surface area contributed by atoms with Crippen LogP contribution in [0.2, 0.25) is 0 Å². The SMILES string of the molecule is CC(C)NC(=O)c1ccc(C(=O)C(CSC(C)C)CSC(C)C)cc1. The van der Waals surface area contributed by atoms with Crippen molar-refractivity contribution in [3.05, 3.63) is 35.4 Å². The first kappa shape index (κ1) is 22.1. The van der Waals surface area contributed by atoms with E-state index >= 15 is 0 Å². The van der Waals surface area contributed by atoms with Crippen molar-refractivity contribution in [3.8, 4) is 0 Å². The van der Waals surface area contributed by atoms with Crippen LogP contribution in [0.4, 0.5) is 0 Å². The van der Waals surface area contributed by atoms with Gasteiger partial charge in [-0.1, -0.05) is 39.8 Å². The molecule has 0 aliphatic carbocycles. The fraction of sp³-hybridized carbons (Fsp3) is 0.600. The van der Waals surface area contributed by atoms with Gasteiger partial charge in [0.2, 0.25) is 0 Å². The Morgan fingerprint density at radius 1 is 0.840 bits per heavy atom. The average Bonchev–Trinajstić information content (AvgIpc) is 2.53. The molecule has 25 heavy (non-hydrogen) atoms. The van der Waals surface area contributed by atoms with E-state index in [1.807, 2.05) is 37.4 Å². The number of thioether (sulfide) groups is 2. The molecule has 140 valence electrons. The van der Waals surface area contributed by atoms with Crippen molar-refractivity contribution in [2.45, 2.75) is 58.1 Å². The Bertz CT molecular complexity index is 541. The molecule has 1 amide bonds. The molecule has 0 saturated carbocycles. The Hall–Kier alpha value is -0.940. The Kier molecular flexibility index (Phi) is 9.65. The molecule has 3 nitrogen and oxygen atoms in total. The Morgan fingerprint density at radius 2 is 1.28 bits per heavy atom. The molecule has 5 heteroatoms. The van der Waals surface area contributed by atoms with E-state index < -0.39 is 0 Å². The number of Topliss-reactive ketones (excluding diaryl/α,β-unsaturated/α-hetero) is 1. The van der Waals surface area contributed by atoms with Crippen molar-refractivity contribution in [1.82, 2.24) is 5.32 Å². The minimum absolute atomic E-state index is 0.00939. The van der Waals surface area contributed by atoms with Crippen LogP contribution in [0.5, 0.6) is 0 Å². The lowest BCUT2D eigenvalue weighted by molar-refractivity contribution is 0.0932. The summed E-state index contributed by atoms with van der Waals surface area (Å²) in [6, 6.07) is 7.15. The third kappa shape index (κ3) is 8.32. The summed E-state index contributed by atoms with van der Waals surface area (Å²) in [5.74, 6) is 1.76. The maximum absolute atomic E-state index is 12.9. The highest BCUT2D eigenvalue weighted by atomic mass is 32.2. The Balaban J connectivity index is 2.82. The van der Waals surface area contributed by atoms with Crippen LogP contribution < -0.4 is 5.32 Å². The second-order valence-corrected chi connectivity index (χ2v) is 10.2. The molecular formula is C20H31NO2S2. The summed E-state index contributed by atoms with van der Waals surface area (Å²) < 4.78 is 0. The molecule has 0 radical (unpaired) electrons. The van der Waals surface area contributed by atoms with Gasteiger partial charge in [-0.15, -0.1) is 0 Å². The molecule has 0 atom stereocenters. The summed E-state index contributed by atoms with van der Waals surface area (Å²) in [5, 5.41) is 3.90. The van der Waals surface area contributed by atoms with Gasteiger partial charge in [-0.25, -0.2) is 0 Å². The lowest BCUT2D eigenvalue weighted by Gasteiger charge is -2.18. The third-order valence-electron chi connectivity index (χ3n) is 3.48. The summed E-state index contributed by atoms with van der Waals surface area (Å²) in [6.07, 6.45) is 0. The predicted molar refractivity (Wildman–Crippen MR) is 112 cm³/mol. The van der Waals surface area contributed by atoms with Gasteiger partial charge in [0.25, 0.3) is 5.91 Å². The first-order valence-corrected chi connectivity index (χ1v) is 11.0. The van der Waals surface area contributed by atoms with E-state index in [2.05, 4.69) is 33.0 Å². The summed E-state index contributed by atoms with van der Waals surface area (Å²) in [5.41, 5.74) is 1.29. The second kappa shape index (κ2) is 10.9. The van der Waals surface area contributed by atoms with E-state index in [0.717, 1.165) is 11.5 Å². The van der Waals surface area contributed by atoms with Crippen LogP contribution >= 0.6 is 23.5 Å². The van der Waals surface area contributed by atoms with Crippen molar-refractivity contribution in [3.63, 3.8) is 0 Å². The van der Waals surface area contributed by atoms with Gasteiger partial charge in [-0.3, -0.25) is 9.59 Å². The van der Waals surface area contributed by atoms with Gasteiger partial charge < -0.3 is 5.32 Å². The molecular weight excluding hydrogens is 350 g/mol. The standard InChI is InChI=1S/C20H31NO2S2/c1-13(2)21-20(23)17-9-7-16(8-10-17)19(22)18(11-24-14(3)4)12-25-15(5)6/h7-10,13-15,18H,11-12H2,1-6H3,(H,21,23). The van der Waals surface area contributed by atoms with E-state index in [1.54, 1.807) is 24.3 Å². The monoisotopic (exact) mass is 381 g/mol. The molecule has 0 heterocycles. The molecule has 1 N–H and O–H groups in total. The third-order valence-corrected chi connectivity index (χ3v) is 6.01. The Labute approximate surface area is 161 Å². The van der Waals surface area contributed by atoms with Gasteiger partial charge in [-0.05, 0) is 36.5 Å². The van der Waals surface area contributed by atoms with Gasteiger partial charge in [0.05, 0.1) is 0 Å². The highest BCUT2D eigenvalue weighted by Crippen LogP contribution is 2.24. The van der Waals surface area contributed by atoms with Crippen LogP contribution in [0.3, 0.4) is 0 Å². The lowest BCUT2D eigenvalue weighted by Crippen LogP contribution is -2.30. The first-order chi connectivity index (χ1) is 11.7. The van der Waals surface area contributed by atoms with E-state index in [4.69, 9.17) is 0 Å². The molecule has 1 aromatic carbocycles. The van der Waals surface area contributed by atoms with E-state index in [9.17, 15) is 9.59 Å². The van der Waals surface area contributed by atoms with Crippen molar-refractivity contribution in [2.75, 3.05) is 11.5 Å². The van der Waals surface area contributed by atoms with Crippen LogP contribution in [0, 0.1) is 5.92 Å². The second-order valence-electron chi connectivity index (χ2n) is 7.03. The normalized spacial score (nSPS) is 11.6. The van der Waals surface area contributed by atoms with Crippen molar-refractivity contribution in [2.24, 2.45) is 5.92 Å². The average molecular weight is 382 g/mol. The highest BCUT2D eigenvalue weighted by molar-refractivity contribution is 8.00. The molecule has 0 unspecified atom stereocenters. The quantitative estimate of drug-likeness (QED) is 0.585. The highest BCUT2D eigenvalue weighted by Gasteiger charge is 2.21. The zero-order valence-corrected chi connectivity index (χ0v) is 17.8. The fourth-order valence-electron chi connectivity index (χ4n) is 2.18. The minimum Gasteiger partial charge on any atom is -0.350 e. The number of hydrogen-bond donors (Lipinski definition) is 1. The first-order valence-electron chi connectivity index (χ1n) is 8.89. The van der Waals surface area contributed by atoms with Crippen LogP contribution in [0.15, 0.2) is 24.3 Å². The van der Waals surface area contributed by atoms with Gasteiger partial charge in [0, 0.05) is 34.6 Å². The van der Waals surface area contributed by atoms with Crippen LogP contribution in [0.1, 0.15) is 62.3 Å². The summed E-state index contributed by atoms with van der Waals surface area (Å²) in [7, 11) is 0. The smallest absolute Gasteiger partial charge is 0.251 e. The van der Waals surface area contributed by atoms with Gasteiger partial charge in [0.15, 0.2) is 5.78 Å². The van der Waals surface area contributed by atoms with E-state index in [0.29, 0.717) is 21.6 Å². The number of amides is 1. The number of nitrogens with one attached hydrogen (secondary N) is 1. The molecule has 0 saturated heterocycles. The molecule has 0 aliphatic rings. The maximum Gasteiger partial charge on any atom is 0.251 e. The van der Waals surface area contributed by atoms with Crippen LogP contribution in [-0.2, 0) is 0 Å². The number of carbonyl (C=O) groups is 2. The number of benzene rings is 1. The summed E-state index contributed by atoms with van der Waals surface area (Å²) in [6.45, 7) is 12.5. The zero-order valence-electron chi connectivity index (χ0n) is 16.2. The van der Waals surface area contributed by atoms with E-state index in [-0.39, 0.29) is 23.7 Å². The lowest BCUT2D eigenvalue weighted by atomic mass is 9.99. The predicted octanol–water partition coefficient (Wildman–Crippen LogP) is 4.91. The van der Waals surface area contributed by atoms with Gasteiger partial charge in [0.1, 0.15) is 0 Å². The molecule has 0 bridgehead atoms. The largest absolute Gasteiger partial charge is 0.350 e. The molecule has 0 aromatic heterocycles. The fourth-order valence-corrected chi connectivity index (χ4v) is 4.11. The van der Waals surface area contributed by atoms with Crippen LogP contribution in [-0.4, -0.2) is 39.7 Å². The summed E-state index contributed by atoms with van der Waals surface area (Å²) in [4.78, 5) is 24.9. The maximum atomic E-state index is 12.9. The number of ketones is 1. The Morgan fingerprint density at radius 3 is 1.68 bits per heavy atom. The van der Waals surface area contributed by atoms with Gasteiger partial charge >= 0.3 is 0 Å².